The van der Waals surface area contributed by atoms with Gasteiger partial charge in [-0.15, -0.1) is 23.5 Å². The molecule has 2 aliphatic rings. The Morgan fingerprint density at radius 2 is 1.18 bits per heavy atom. The normalized spacial score (nSPS) is 15.4. The number of hydrogen-bond acceptors (Lipinski definition) is 4. The molecule has 1 aliphatic carbocycles. The molecule has 6 heteroatoms. The van der Waals surface area contributed by atoms with Crippen molar-refractivity contribution in [3.8, 4) is 11.1 Å². The highest BCUT2D eigenvalue weighted by molar-refractivity contribution is 9.10. The molecule has 0 radical (unpaired) electrons. The first-order valence-corrected chi connectivity index (χ1v) is 14.5. The highest BCUT2D eigenvalue weighted by Gasteiger charge is 2.31. The number of rotatable bonds is 6. The Bertz CT molecular complexity index is 903. The third kappa shape index (κ3) is 4.33. The molecule has 0 amide bonds. The topological polar surface area (TPSA) is 0 Å². The SMILES string of the molecule is CCCSC1=C(SCCC)SC(=C2c3ccc(Br)cc3-c3cc(Br)ccc32)S1. The minimum atomic E-state index is 1.13. The molecule has 146 valence electrons. The first kappa shape index (κ1) is 21.5. The highest BCUT2D eigenvalue weighted by Crippen LogP contribution is 2.62. The predicted molar refractivity (Wildman–Crippen MR) is 141 cm³/mol. The van der Waals surface area contributed by atoms with Crippen molar-refractivity contribution in [2.75, 3.05) is 11.5 Å². The van der Waals surface area contributed by atoms with E-state index >= 15 is 0 Å². The maximum absolute atomic E-state index is 3.66. The van der Waals surface area contributed by atoms with E-state index in [0.29, 0.717) is 0 Å². The van der Waals surface area contributed by atoms with Gasteiger partial charge < -0.3 is 0 Å². The Balaban J connectivity index is 1.80. The molecule has 0 saturated carbocycles. The molecule has 0 spiro atoms. The van der Waals surface area contributed by atoms with Crippen molar-refractivity contribution in [3.63, 3.8) is 0 Å². The first-order valence-electron chi connectivity index (χ1n) is 9.32. The van der Waals surface area contributed by atoms with Crippen LogP contribution in [0.1, 0.15) is 37.8 Å². The van der Waals surface area contributed by atoms with E-state index in [1.54, 1.807) is 0 Å². The molecule has 1 aliphatic heterocycles. The summed E-state index contributed by atoms with van der Waals surface area (Å²) in [6, 6.07) is 13.4. The third-order valence-corrected chi connectivity index (χ3v) is 11.3. The van der Waals surface area contributed by atoms with Crippen LogP contribution in [-0.4, -0.2) is 11.5 Å². The van der Waals surface area contributed by atoms with Gasteiger partial charge in [0.05, 0.1) is 12.7 Å². The van der Waals surface area contributed by atoms with E-state index in [1.807, 2.05) is 47.0 Å². The summed E-state index contributed by atoms with van der Waals surface area (Å²) >= 11 is 15.3. The van der Waals surface area contributed by atoms with Crippen LogP contribution in [0.25, 0.3) is 16.7 Å². The van der Waals surface area contributed by atoms with Gasteiger partial charge in [-0.05, 0) is 70.9 Å². The number of benzene rings is 2. The maximum Gasteiger partial charge on any atom is 0.0660 e. The molecule has 0 fully saturated rings. The zero-order valence-electron chi connectivity index (χ0n) is 15.7. The van der Waals surface area contributed by atoms with Gasteiger partial charge in [0, 0.05) is 14.5 Å². The van der Waals surface area contributed by atoms with E-state index in [2.05, 4.69) is 82.1 Å². The largest absolute Gasteiger partial charge is 0.117 e. The van der Waals surface area contributed by atoms with Gasteiger partial charge in [-0.2, -0.15) is 0 Å². The predicted octanol–water partition coefficient (Wildman–Crippen LogP) is 9.80. The van der Waals surface area contributed by atoms with Crippen LogP contribution >= 0.6 is 78.9 Å². The molecular formula is C22H20Br2S4. The lowest BCUT2D eigenvalue weighted by Gasteiger charge is -2.08. The molecule has 28 heavy (non-hydrogen) atoms. The minimum absolute atomic E-state index is 1.13. The lowest BCUT2D eigenvalue weighted by atomic mass is 10.1. The fourth-order valence-corrected chi connectivity index (χ4v) is 9.77. The molecular weight excluding hydrogens is 552 g/mol. The van der Waals surface area contributed by atoms with E-state index in [9.17, 15) is 0 Å². The average Bonchev–Trinajstić information content (AvgIpc) is 3.22. The zero-order valence-corrected chi connectivity index (χ0v) is 22.1. The Labute approximate surface area is 201 Å². The van der Waals surface area contributed by atoms with Crippen molar-refractivity contribution in [1.82, 2.24) is 0 Å². The molecule has 0 N–H and O–H groups in total. The maximum atomic E-state index is 3.66. The summed E-state index contributed by atoms with van der Waals surface area (Å²) in [5.74, 6) is 2.38. The fourth-order valence-electron chi connectivity index (χ4n) is 3.22. The smallest absolute Gasteiger partial charge is 0.0660 e. The van der Waals surface area contributed by atoms with Crippen molar-refractivity contribution in [2.45, 2.75) is 26.7 Å². The van der Waals surface area contributed by atoms with Gasteiger partial charge in [-0.3, -0.25) is 0 Å². The number of thioether (sulfide) groups is 4. The fraction of sp³-hybridized carbons (Fsp3) is 0.273. The summed E-state index contributed by atoms with van der Waals surface area (Å²) in [5.41, 5.74) is 6.76. The summed E-state index contributed by atoms with van der Waals surface area (Å²) in [4.78, 5) is 0. The van der Waals surface area contributed by atoms with Crippen molar-refractivity contribution in [2.24, 2.45) is 0 Å². The van der Waals surface area contributed by atoms with Gasteiger partial charge in [-0.25, -0.2) is 0 Å². The molecule has 0 bridgehead atoms. The number of hydrogen-bond donors (Lipinski definition) is 0. The second kappa shape index (κ2) is 9.61. The Hall–Kier alpha value is 0.280. The lowest BCUT2D eigenvalue weighted by Crippen LogP contribution is -1.84. The Morgan fingerprint density at radius 3 is 1.61 bits per heavy atom. The summed E-state index contributed by atoms with van der Waals surface area (Å²) in [6.45, 7) is 4.52. The molecule has 0 saturated heterocycles. The molecule has 0 unspecified atom stereocenters. The number of fused-ring (bicyclic) bond motifs is 3. The molecule has 0 nitrogen and oxygen atoms in total. The zero-order chi connectivity index (χ0) is 19.7. The molecule has 2 aromatic carbocycles. The first-order chi connectivity index (χ1) is 13.6. The summed E-state index contributed by atoms with van der Waals surface area (Å²) in [6.07, 6.45) is 2.43. The molecule has 1 heterocycles. The van der Waals surface area contributed by atoms with Crippen molar-refractivity contribution in [1.29, 1.82) is 0 Å². The minimum Gasteiger partial charge on any atom is -0.117 e. The van der Waals surface area contributed by atoms with Crippen molar-refractivity contribution >= 4 is 84.5 Å². The van der Waals surface area contributed by atoms with Crippen LogP contribution in [0.4, 0.5) is 0 Å². The molecule has 0 atom stereocenters. The van der Waals surface area contributed by atoms with Gasteiger partial charge in [0.1, 0.15) is 0 Å². The lowest BCUT2D eigenvalue weighted by molar-refractivity contribution is 1.11. The monoisotopic (exact) mass is 570 g/mol. The van der Waals surface area contributed by atoms with Crippen molar-refractivity contribution in [3.05, 3.63) is 69.2 Å². The van der Waals surface area contributed by atoms with Gasteiger partial charge in [0.2, 0.25) is 0 Å². The Kier molecular flexibility index (Phi) is 7.38. The summed E-state index contributed by atoms with van der Waals surface area (Å²) in [5, 5.41) is 0. The standard InChI is InChI=1S/C22H20Br2S4/c1-3-9-25-21-22(26-10-4-2)28-20(27-21)19-15-7-5-13(23)11-17(15)18-12-14(24)6-8-16(18)19/h5-8,11-12H,3-4,9-10H2,1-2H3. The van der Waals surface area contributed by atoms with Gasteiger partial charge >= 0.3 is 0 Å². The van der Waals surface area contributed by atoms with E-state index < -0.39 is 0 Å². The Morgan fingerprint density at radius 1 is 0.714 bits per heavy atom. The van der Waals surface area contributed by atoms with Crippen LogP contribution < -0.4 is 0 Å². The van der Waals surface area contributed by atoms with E-state index in [1.165, 1.54) is 64.9 Å². The average molecular weight is 572 g/mol. The second-order valence-corrected chi connectivity index (χ2v) is 13.4. The number of halogens is 2. The van der Waals surface area contributed by atoms with Crippen LogP contribution in [0.3, 0.4) is 0 Å². The van der Waals surface area contributed by atoms with E-state index in [-0.39, 0.29) is 0 Å². The van der Waals surface area contributed by atoms with Gasteiger partial charge in [0.25, 0.3) is 0 Å². The molecule has 4 rings (SSSR count). The van der Waals surface area contributed by atoms with Crippen LogP contribution in [0.15, 0.2) is 58.1 Å². The highest BCUT2D eigenvalue weighted by atomic mass is 79.9. The van der Waals surface area contributed by atoms with E-state index in [0.717, 1.165) is 8.95 Å². The van der Waals surface area contributed by atoms with Crippen LogP contribution in [0, 0.1) is 0 Å². The quantitative estimate of drug-likeness (QED) is 0.288. The summed E-state index contributed by atoms with van der Waals surface area (Å²) in [7, 11) is 0. The van der Waals surface area contributed by atoms with Crippen LogP contribution in [0.2, 0.25) is 0 Å². The third-order valence-electron chi connectivity index (χ3n) is 4.41. The molecule has 2 aromatic rings. The second-order valence-electron chi connectivity index (χ2n) is 6.52. The molecule has 0 aromatic heterocycles. The van der Waals surface area contributed by atoms with Gasteiger partial charge in [0.15, 0.2) is 0 Å². The van der Waals surface area contributed by atoms with E-state index in [4.69, 9.17) is 0 Å². The van der Waals surface area contributed by atoms with Gasteiger partial charge in [-0.1, -0.05) is 81.4 Å². The van der Waals surface area contributed by atoms with Crippen LogP contribution in [-0.2, 0) is 0 Å². The van der Waals surface area contributed by atoms with Crippen LogP contribution in [0.5, 0.6) is 0 Å². The summed E-state index contributed by atoms with van der Waals surface area (Å²) < 4.78 is 6.69. The van der Waals surface area contributed by atoms with Crippen molar-refractivity contribution < 1.29 is 0 Å².